The molecule has 1 aromatic heterocycles. The van der Waals surface area contributed by atoms with Gasteiger partial charge >= 0.3 is 0 Å². The van der Waals surface area contributed by atoms with E-state index >= 15 is 0 Å². The Bertz CT molecular complexity index is 513. The number of piperidine rings is 1. The molecule has 1 aliphatic heterocycles. The molecule has 130 valence electrons. The minimum atomic E-state index is -2.31. The normalized spacial score (nSPS) is 16.8. The molecule has 0 aliphatic carbocycles. The minimum absolute atomic E-state index is 0.0839. The van der Waals surface area contributed by atoms with Crippen molar-refractivity contribution >= 4 is 17.2 Å². The highest BCUT2D eigenvalue weighted by molar-refractivity contribution is 7.09. The van der Waals surface area contributed by atoms with E-state index in [-0.39, 0.29) is 18.5 Å². The molecule has 0 radical (unpaired) electrons. The summed E-state index contributed by atoms with van der Waals surface area (Å²) in [6.07, 6.45) is -0.465. The van der Waals surface area contributed by atoms with Crippen LogP contribution in [0.25, 0.3) is 0 Å². The van der Waals surface area contributed by atoms with Crippen molar-refractivity contribution in [2.24, 2.45) is 0 Å². The molecule has 7 heteroatoms. The Morgan fingerprint density at radius 3 is 2.61 bits per heavy atom. The Morgan fingerprint density at radius 2 is 2.09 bits per heavy atom. The number of thiazole rings is 1. The van der Waals surface area contributed by atoms with Crippen LogP contribution in [-0.4, -0.2) is 59.8 Å². The predicted molar refractivity (Wildman–Crippen MR) is 88.1 cm³/mol. The summed E-state index contributed by atoms with van der Waals surface area (Å²) in [5.74, 6) is 0.463. The van der Waals surface area contributed by atoms with E-state index in [1.807, 2.05) is 10.3 Å². The average Bonchev–Trinajstić information content (AvgIpc) is 2.95. The van der Waals surface area contributed by atoms with E-state index in [1.165, 1.54) is 0 Å². The first-order valence-corrected chi connectivity index (χ1v) is 8.95. The smallest absolute Gasteiger partial charge is 0.251 e. The van der Waals surface area contributed by atoms with Crippen molar-refractivity contribution in [2.75, 3.05) is 26.7 Å². The number of carbonyl (C=O) groups excluding carboxylic acids is 1. The molecule has 0 spiro atoms. The largest absolute Gasteiger partial charge is 0.342 e. The van der Waals surface area contributed by atoms with Gasteiger partial charge in [-0.2, -0.15) is 0 Å². The fourth-order valence-electron chi connectivity index (χ4n) is 2.86. The first-order valence-electron chi connectivity index (χ1n) is 8.07. The highest BCUT2D eigenvalue weighted by Crippen LogP contribution is 2.21. The average molecular weight is 345 g/mol. The molecule has 1 aromatic rings. The van der Waals surface area contributed by atoms with Crippen molar-refractivity contribution in [1.82, 2.24) is 14.8 Å². The van der Waals surface area contributed by atoms with Crippen LogP contribution < -0.4 is 0 Å². The predicted octanol–water partition coefficient (Wildman–Crippen LogP) is 3.00. The second kappa shape index (κ2) is 8.15. The zero-order chi connectivity index (χ0) is 17.0. The van der Waals surface area contributed by atoms with Crippen molar-refractivity contribution in [3.63, 3.8) is 0 Å². The summed E-state index contributed by atoms with van der Waals surface area (Å²) in [5, 5.41) is 3.01. The van der Waals surface area contributed by atoms with Crippen molar-refractivity contribution in [1.29, 1.82) is 0 Å². The van der Waals surface area contributed by atoms with Gasteiger partial charge in [-0.1, -0.05) is 13.8 Å². The quantitative estimate of drug-likeness (QED) is 0.795. The van der Waals surface area contributed by atoms with E-state index in [0.717, 1.165) is 23.5 Å². The van der Waals surface area contributed by atoms with E-state index in [2.05, 4.69) is 18.8 Å². The van der Waals surface area contributed by atoms with E-state index in [0.29, 0.717) is 25.4 Å². The number of hydrogen-bond acceptors (Lipinski definition) is 4. The van der Waals surface area contributed by atoms with Gasteiger partial charge in [0.05, 0.1) is 23.7 Å². The molecule has 2 heterocycles. The summed E-state index contributed by atoms with van der Waals surface area (Å²) in [6, 6.07) is 0.139. The Balaban J connectivity index is 1.81. The molecule has 0 bridgehead atoms. The molecule has 2 rings (SSSR count). The number of halogens is 2. The Morgan fingerprint density at radius 1 is 1.43 bits per heavy atom. The highest BCUT2D eigenvalue weighted by atomic mass is 32.1. The molecule has 4 nitrogen and oxygen atoms in total. The molecule has 0 aromatic carbocycles. The molecular weight excluding hydrogens is 320 g/mol. The van der Waals surface area contributed by atoms with Crippen molar-refractivity contribution in [2.45, 2.75) is 51.5 Å². The summed E-state index contributed by atoms with van der Waals surface area (Å²) in [5.41, 5.74) is 0.834. The van der Waals surface area contributed by atoms with Gasteiger partial charge < -0.3 is 4.90 Å². The fourth-order valence-corrected chi connectivity index (χ4v) is 3.69. The Hall–Kier alpha value is -1.08. The van der Waals surface area contributed by atoms with Crippen molar-refractivity contribution < 1.29 is 13.6 Å². The number of rotatable bonds is 6. The van der Waals surface area contributed by atoms with E-state index < -0.39 is 6.43 Å². The van der Waals surface area contributed by atoms with Crippen LogP contribution >= 0.6 is 11.3 Å². The first-order chi connectivity index (χ1) is 10.9. The van der Waals surface area contributed by atoms with Gasteiger partial charge in [-0.3, -0.25) is 9.69 Å². The van der Waals surface area contributed by atoms with Crippen LogP contribution in [0, 0.1) is 0 Å². The third kappa shape index (κ3) is 5.21. The summed E-state index contributed by atoms with van der Waals surface area (Å²) >= 11 is 1.60. The van der Waals surface area contributed by atoms with Crippen LogP contribution in [0.4, 0.5) is 8.78 Å². The summed E-state index contributed by atoms with van der Waals surface area (Å²) in [4.78, 5) is 20.4. The maximum atomic E-state index is 12.4. The van der Waals surface area contributed by atoms with Crippen LogP contribution in [0.2, 0.25) is 0 Å². The summed E-state index contributed by atoms with van der Waals surface area (Å²) in [6.45, 7) is 5.25. The number of carbonyl (C=O) groups is 1. The van der Waals surface area contributed by atoms with Crippen LogP contribution in [-0.2, 0) is 11.2 Å². The van der Waals surface area contributed by atoms with E-state index in [4.69, 9.17) is 0 Å². The number of nitrogens with zero attached hydrogens (tertiary/aromatic N) is 3. The molecule has 0 unspecified atom stereocenters. The number of amides is 1. The summed E-state index contributed by atoms with van der Waals surface area (Å²) in [7, 11) is 1.73. The molecule has 1 aliphatic rings. The zero-order valence-corrected chi connectivity index (χ0v) is 14.8. The van der Waals surface area contributed by atoms with Crippen LogP contribution in [0.15, 0.2) is 5.38 Å². The lowest BCUT2D eigenvalue weighted by molar-refractivity contribution is -0.132. The van der Waals surface area contributed by atoms with Gasteiger partial charge in [0.1, 0.15) is 0 Å². The molecule has 0 N–H and O–H groups in total. The maximum absolute atomic E-state index is 12.4. The molecule has 0 saturated carbocycles. The molecule has 1 saturated heterocycles. The lowest BCUT2D eigenvalue weighted by atomic mass is 10.0. The number of alkyl halides is 2. The fraction of sp³-hybridized carbons (Fsp3) is 0.750. The lowest BCUT2D eigenvalue weighted by Gasteiger charge is -2.36. The highest BCUT2D eigenvalue weighted by Gasteiger charge is 2.26. The molecular formula is C16H25F2N3OS. The van der Waals surface area contributed by atoms with Gasteiger partial charge in [-0.25, -0.2) is 13.8 Å². The standard InChI is InChI=1S/C16H25F2N3OS/c1-11(2)16-19-12(10-23-16)8-15(22)21-6-4-13(5-7-21)20(3)9-14(17)18/h10-11,13-14H,4-9H2,1-3H3. The third-order valence-corrected chi connectivity index (χ3v) is 5.46. The second-order valence-electron chi connectivity index (χ2n) is 6.45. The summed E-state index contributed by atoms with van der Waals surface area (Å²) < 4.78 is 24.9. The number of hydrogen-bond donors (Lipinski definition) is 0. The molecule has 1 amide bonds. The SMILES string of the molecule is CC(C)c1nc(CC(=O)N2CCC(N(C)CC(F)F)CC2)cs1. The molecule has 0 atom stereocenters. The second-order valence-corrected chi connectivity index (χ2v) is 7.34. The third-order valence-electron chi connectivity index (χ3n) is 4.26. The maximum Gasteiger partial charge on any atom is 0.251 e. The van der Waals surface area contributed by atoms with Gasteiger partial charge in [0.25, 0.3) is 6.43 Å². The Kier molecular flexibility index (Phi) is 6.47. The number of likely N-dealkylation sites (tertiary alicyclic amines) is 1. The van der Waals surface area contributed by atoms with Crippen LogP contribution in [0.5, 0.6) is 0 Å². The van der Waals surface area contributed by atoms with Crippen molar-refractivity contribution in [3.8, 4) is 0 Å². The molecule has 1 fully saturated rings. The van der Waals surface area contributed by atoms with Gasteiger partial charge in [0.2, 0.25) is 5.91 Å². The van der Waals surface area contributed by atoms with Gasteiger partial charge in [0, 0.05) is 30.4 Å². The van der Waals surface area contributed by atoms with Crippen LogP contribution in [0.3, 0.4) is 0 Å². The van der Waals surface area contributed by atoms with Gasteiger partial charge in [-0.15, -0.1) is 11.3 Å². The minimum Gasteiger partial charge on any atom is -0.342 e. The Labute approximate surface area is 140 Å². The van der Waals surface area contributed by atoms with E-state index in [9.17, 15) is 13.6 Å². The van der Waals surface area contributed by atoms with Gasteiger partial charge in [0.15, 0.2) is 0 Å². The van der Waals surface area contributed by atoms with E-state index in [1.54, 1.807) is 23.3 Å². The van der Waals surface area contributed by atoms with Crippen molar-refractivity contribution in [3.05, 3.63) is 16.1 Å². The van der Waals surface area contributed by atoms with Crippen LogP contribution in [0.1, 0.15) is 43.3 Å². The van der Waals surface area contributed by atoms with Gasteiger partial charge in [-0.05, 0) is 19.9 Å². The molecule has 23 heavy (non-hydrogen) atoms. The number of aromatic nitrogens is 1. The monoisotopic (exact) mass is 345 g/mol. The lowest BCUT2D eigenvalue weighted by Crippen LogP contribution is -2.47. The zero-order valence-electron chi connectivity index (χ0n) is 14.0. The first kappa shape index (κ1) is 18.3. The topological polar surface area (TPSA) is 36.4 Å².